The fourth-order valence-corrected chi connectivity index (χ4v) is 1.95. The van der Waals surface area contributed by atoms with Gasteiger partial charge >= 0.3 is 12.1 Å². The summed E-state index contributed by atoms with van der Waals surface area (Å²) in [4.78, 5) is 10.6. The molecular formula is C16H10F4O2. The molecule has 2 nitrogen and oxygen atoms in total. The van der Waals surface area contributed by atoms with E-state index in [2.05, 4.69) is 0 Å². The number of alkyl halides is 3. The number of carboxylic acids is 1. The van der Waals surface area contributed by atoms with Gasteiger partial charge in [0.25, 0.3) is 0 Å². The predicted molar refractivity (Wildman–Crippen MR) is 73.5 cm³/mol. The van der Waals surface area contributed by atoms with Gasteiger partial charge in [0.1, 0.15) is 5.82 Å². The Morgan fingerprint density at radius 2 is 1.82 bits per heavy atom. The zero-order valence-electron chi connectivity index (χ0n) is 11.1. The lowest BCUT2D eigenvalue weighted by molar-refractivity contribution is -0.137. The third-order valence-electron chi connectivity index (χ3n) is 2.92. The van der Waals surface area contributed by atoms with E-state index < -0.39 is 23.5 Å². The third-order valence-corrected chi connectivity index (χ3v) is 2.92. The molecule has 0 saturated carbocycles. The molecule has 2 aromatic rings. The Bertz CT molecular complexity index is 733. The molecule has 0 fully saturated rings. The van der Waals surface area contributed by atoms with Gasteiger partial charge in [0.05, 0.1) is 5.56 Å². The Morgan fingerprint density at radius 1 is 1.09 bits per heavy atom. The zero-order chi connectivity index (χ0) is 16.3. The normalized spacial score (nSPS) is 11.8. The van der Waals surface area contributed by atoms with Gasteiger partial charge in [-0.1, -0.05) is 18.2 Å². The monoisotopic (exact) mass is 310 g/mol. The summed E-state index contributed by atoms with van der Waals surface area (Å²) in [6, 6.07) is 7.97. The number of carboxylic acid groups (broad SMARTS) is 1. The highest BCUT2D eigenvalue weighted by Gasteiger charge is 2.31. The molecule has 2 rings (SSSR count). The Balaban J connectivity index is 2.62. The second kappa shape index (κ2) is 6.01. The van der Waals surface area contributed by atoms with E-state index in [1.807, 2.05) is 0 Å². The van der Waals surface area contributed by atoms with E-state index in [-0.39, 0.29) is 16.7 Å². The van der Waals surface area contributed by atoms with Crippen LogP contribution in [0.1, 0.15) is 11.1 Å². The van der Waals surface area contributed by atoms with Gasteiger partial charge in [0, 0.05) is 6.08 Å². The zero-order valence-corrected chi connectivity index (χ0v) is 11.1. The average Bonchev–Trinajstić information content (AvgIpc) is 2.44. The van der Waals surface area contributed by atoms with Crippen LogP contribution in [0.2, 0.25) is 0 Å². The molecule has 1 N–H and O–H groups in total. The lowest BCUT2D eigenvalue weighted by atomic mass is 9.96. The summed E-state index contributed by atoms with van der Waals surface area (Å²) in [6.07, 6.45) is -2.56. The molecule has 0 unspecified atom stereocenters. The minimum absolute atomic E-state index is 0.104. The van der Waals surface area contributed by atoms with Gasteiger partial charge in [-0.2, -0.15) is 13.2 Å². The maximum absolute atomic E-state index is 13.3. The Morgan fingerprint density at radius 3 is 2.41 bits per heavy atom. The number of carbonyl (C=O) groups is 1. The first-order chi connectivity index (χ1) is 10.3. The first kappa shape index (κ1) is 15.8. The molecule has 0 aliphatic carbocycles. The van der Waals surface area contributed by atoms with Crippen LogP contribution < -0.4 is 0 Å². The second-order valence-corrected chi connectivity index (χ2v) is 4.48. The maximum Gasteiger partial charge on any atom is 0.416 e. The summed E-state index contributed by atoms with van der Waals surface area (Å²) in [5, 5.41) is 8.64. The van der Waals surface area contributed by atoms with Crippen LogP contribution in [0.3, 0.4) is 0 Å². The predicted octanol–water partition coefficient (Wildman–Crippen LogP) is 4.61. The largest absolute Gasteiger partial charge is 0.478 e. The summed E-state index contributed by atoms with van der Waals surface area (Å²) in [7, 11) is 0. The molecule has 0 heterocycles. The van der Waals surface area contributed by atoms with E-state index in [1.54, 1.807) is 0 Å². The average molecular weight is 310 g/mol. The Labute approximate surface area is 123 Å². The van der Waals surface area contributed by atoms with Gasteiger partial charge in [-0.15, -0.1) is 0 Å². The van der Waals surface area contributed by atoms with E-state index >= 15 is 0 Å². The van der Waals surface area contributed by atoms with Crippen molar-refractivity contribution in [3.8, 4) is 11.1 Å². The van der Waals surface area contributed by atoms with Crippen LogP contribution >= 0.6 is 0 Å². The number of aliphatic carboxylic acids is 1. The molecular weight excluding hydrogens is 300 g/mol. The molecule has 0 aromatic heterocycles. The first-order valence-corrected chi connectivity index (χ1v) is 6.15. The van der Waals surface area contributed by atoms with Crippen molar-refractivity contribution in [1.82, 2.24) is 0 Å². The SMILES string of the molecule is O=C(O)/C=C/c1ccc(C(F)(F)F)cc1-c1cccc(F)c1. The summed E-state index contributed by atoms with van der Waals surface area (Å²) in [5.41, 5.74) is -0.303. The van der Waals surface area contributed by atoms with E-state index in [0.29, 0.717) is 0 Å². The molecule has 0 spiro atoms. The van der Waals surface area contributed by atoms with Crippen molar-refractivity contribution in [2.75, 3.05) is 0 Å². The smallest absolute Gasteiger partial charge is 0.416 e. The highest BCUT2D eigenvalue weighted by atomic mass is 19.4. The summed E-state index contributed by atoms with van der Waals surface area (Å²) >= 11 is 0. The standard InChI is InChI=1S/C16H10F4O2/c17-13-3-1-2-11(8-13)14-9-12(16(18,19)20)6-4-10(14)5-7-15(21)22/h1-9H,(H,21,22)/b7-5+. The van der Waals surface area contributed by atoms with Crippen LogP contribution in [-0.4, -0.2) is 11.1 Å². The number of rotatable bonds is 3. The highest BCUT2D eigenvalue weighted by Crippen LogP contribution is 2.34. The fraction of sp³-hybridized carbons (Fsp3) is 0.0625. The number of hydrogen-bond donors (Lipinski definition) is 1. The van der Waals surface area contributed by atoms with Crippen LogP contribution in [0.25, 0.3) is 17.2 Å². The molecule has 0 aliphatic rings. The molecule has 0 saturated heterocycles. The molecule has 0 radical (unpaired) electrons. The van der Waals surface area contributed by atoms with Crippen molar-refractivity contribution in [3.63, 3.8) is 0 Å². The molecule has 0 amide bonds. The van der Waals surface area contributed by atoms with E-state index in [9.17, 15) is 22.4 Å². The third kappa shape index (κ3) is 3.72. The van der Waals surface area contributed by atoms with Gasteiger partial charge in [-0.3, -0.25) is 0 Å². The Kier molecular flexibility index (Phi) is 4.30. The first-order valence-electron chi connectivity index (χ1n) is 6.15. The topological polar surface area (TPSA) is 37.3 Å². The minimum Gasteiger partial charge on any atom is -0.478 e. The van der Waals surface area contributed by atoms with Crippen molar-refractivity contribution >= 4 is 12.0 Å². The van der Waals surface area contributed by atoms with Gasteiger partial charge in [-0.25, -0.2) is 9.18 Å². The molecule has 22 heavy (non-hydrogen) atoms. The summed E-state index contributed by atoms with van der Waals surface area (Å²) in [5.74, 6) is -1.83. The van der Waals surface area contributed by atoms with E-state index in [4.69, 9.17) is 5.11 Å². The fourth-order valence-electron chi connectivity index (χ4n) is 1.95. The van der Waals surface area contributed by atoms with Crippen molar-refractivity contribution in [1.29, 1.82) is 0 Å². The van der Waals surface area contributed by atoms with Gasteiger partial charge in [-0.05, 0) is 47.0 Å². The maximum atomic E-state index is 13.3. The van der Waals surface area contributed by atoms with Gasteiger partial charge < -0.3 is 5.11 Å². The molecule has 0 aliphatic heterocycles. The van der Waals surface area contributed by atoms with E-state index in [1.165, 1.54) is 24.3 Å². The quantitative estimate of drug-likeness (QED) is 0.664. The van der Waals surface area contributed by atoms with Gasteiger partial charge in [0.15, 0.2) is 0 Å². The van der Waals surface area contributed by atoms with Gasteiger partial charge in [0.2, 0.25) is 0 Å². The van der Waals surface area contributed by atoms with Crippen LogP contribution in [0, 0.1) is 5.82 Å². The summed E-state index contributed by atoms with van der Waals surface area (Å²) < 4.78 is 51.8. The van der Waals surface area contributed by atoms with E-state index in [0.717, 1.165) is 30.3 Å². The molecule has 0 atom stereocenters. The highest BCUT2D eigenvalue weighted by molar-refractivity contribution is 5.88. The Hall–Kier alpha value is -2.63. The van der Waals surface area contributed by atoms with Crippen molar-refractivity contribution in [2.24, 2.45) is 0 Å². The minimum atomic E-state index is -4.54. The van der Waals surface area contributed by atoms with Crippen LogP contribution in [0.15, 0.2) is 48.5 Å². The second-order valence-electron chi connectivity index (χ2n) is 4.48. The lowest BCUT2D eigenvalue weighted by Crippen LogP contribution is -2.05. The van der Waals surface area contributed by atoms with Crippen LogP contribution in [0.4, 0.5) is 17.6 Å². The molecule has 2 aromatic carbocycles. The molecule has 0 bridgehead atoms. The van der Waals surface area contributed by atoms with Crippen molar-refractivity contribution < 1.29 is 27.5 Å². The number of benzene rings is 2. The number of halogens is 4. The number of hydrogen-bond acceptors (Lipinski definition) is 1. The van der Waals surface area contributed by atoms with Crippen LogP contribution in [-0.2, 0) is 11.0 Å². The summed E-state index contributed by atoms with van der Waals surface area (Å²) in [6.45, 7) is 0. The van der Waals surface area contributed by atoms with Crippen molar-refractivity contribution in [2.45, 2.75) is 6.18 Å². The lowest BCUT2D eigenvalue weighted by Gasteiger charge is -2.12. The molecule has 114 valence electrons. The van der Waals surface area contributed by atoms with Crippen molar-refractivity contribution in [3.05, 3.63) is 65.5 Å². The van der Waals surface area contributed by atoms with Crippen LogP contribution in [0.5, 0.6) is 0 Å². The molecule has 6 heteroatoms.